The molecule has 0 amide bonds. The van der Waals surface area contributed by atoms with Gasteiger partial charge in [0.1, 0.15) is 19.3 Å². The summed E-state index contributed by atoms with van der Waals surface area (Å²) in [6, 6.07) is 0. The first-order chi connectivity index (χ1) is 41.3. The van der Waals surface area contributed by atoms with E-state index in [-0.39, 0.29) is 25.7 Å². The van der Waals surface area contributed by atoms with Gasteiger partial charge in [0.2, 0.25) is 0 Å². The van der Waals surface area contributed by atoms with Gasteiger partial charge >= 0.3 is 39.5 Å². The number of aliphatic hydroxyl groups excluding tert-OH is 1. The summed E-state index contributed by atoms with van der Waals surface area (Å²) in [7, 11) is -9.89. The van der Waals surface area contributed by atoms with E-state index in [0.29, 0.717) is 25.7 Å². The van der Waals surface area contributed by atoms with E-state index in [2.05, 4.69) is 48.5 Å². The summed E-state index contributed by atoms with van der Waals surface area (Å²) < 4.78 is 68.1. The normalized spacial score (nSPS) is 14.6. The molecular weight excluding hydrogens is 1140 g/mol. The molecule has 6 atom stereocenters. The smallest absolute Gasteiger partial charge is 0.462 e. The van der Waals surface area contributed by atoms with Crippen LogP contribution in [-0.4, -0.2) is 96.7 Å². The van der Waals surface area contributed by atoms with Crippen LogP contribution in [0.3, 0.4) is 0 Å². The molecule has 510 valence electrons. The standard InChI is InChI=1S/C67H130O17P2/c1-8-10-11-12-13-14-15-16-20-26-34-41-48-64(69)77-54-62(83-66(71)50-43-36-27-21-18-17-19-24-31-38-45-58(3)4)56-81-85(73,74)79-52-61(68)53-80-86(75,76)82-57-63(55-78-65(70)49-42-35-30-29-33-40-47-60(7)9-2)84-67(72)51-44-37-28-23-22-25-32-39-46-59(5)6/h58-63,68H,8-57H2,1-7H3,(H,73,74)(H,75,76)/t60?,61-,62-,63-/m1/s1. The zero-order valence-corrected chi connectivity index (χ0v) is 57.6. The maximum atomic E-state index is 13.0. The monoisotopic (exact) mass is 1270 g/mol. The van der Waals surface area contributed by atoms with Crippen LogP contribution in [-0.2, 0) is 65.4 Å². The second kappa shape index (κ2) is 58.2. The first-order valence-corrected chi connectivity index (χ1v) is 37.9. The van der Waals surface area contributed by atoms with Crippen molar-refractivity contribution >= 4 is 39.5 Å². The van der Waals surface area contributed by atoms with Crippen molar-refractivity contribution in [3.05, 3.63) is 0 Å². The summed E-state index contributed by atoms with van der Waals surface area (Å²) >= 11 is 0. The lowest BCUT2D eigenvalue weighted by molar-refractivity contribution is -0.161. The topological polar surface area (TPSA) is 237 Å². The highest BCUT2D eigenvalue weighted by Crippen LogP contribution is 2.45. The minimum Gasteiger partial charge on any atom is -0.462 e. The Morgan fingerprint density at radius 3 is 0.884 bits per heavy atom. The lowest BCUT2D eigenvalue weighted by Gasteiger charge is -2.21. The summed E-state index contributed by atoms with van der Waals surface area (Å²) in [5, 5.41) is 10.6. The Hall–Kier alpha value is -1.94. The van der Waals surface area contributed by atoms with Crippen molar-refractivity contribution in [3.63, 3.8) is 0 Å². The van der Waals surface area contributed by atoms with Gasteiger partial charge < -0.3 is 33.8 Å². The van der Waals surface area contributed by atoms with Crippen LogP contribution in [0.4, 0.5) is 0 Å². The molecule has 0 fully saturated rings. The predicted molar refractivity (Wildman–Crippen MR) is 344 cm³/mol. The highest BCUT2D eigenvalue weighted by atomic mass is 31.2. The molecule has 0 saturated heterocycles. The van der Waals surface area contributed by atoms with E-state index < -0.39 is 97.5 Å². The summed E-state index contributed by atoms with van der Waals surface area (Å²) in [5.41, 5.74) is 0. The maximum absolute atomic E-state index is 13.0. The van der Waals surface area contributed by atoms with Crippen molar-refractivity contribution in [2.45, 2.75) is 349 Å². The number of hydrogen-bond donors (Lipinski definition) is 3. The van der Waals surface area contributed by atoms with Gasteiger partial charge in [-0.05, 0) is 43.4 Å². The molecule has 0 aliphatic heterocycles. The van der Waals surface area contributed by atoms with E-state index in [1.54, 1.807) is 0 Å². The molecule has 0 rings (SSSR count). The quantitative estimate of drug-likeness (QED) is 0.0222. The Labute approximate surface area is 524 Å². The van der Waals surface area contributed by atoms with Gasteiger partial charge in [-0.2, -0.15) is 0 Å². The van der Waals surface area contributed by atoms with Crippen molar-refractivity contribution in [3.8, 4) is 0 Å². The van der Waals surface area contributed by atoms with Crippen LogP contribution in [0, 0.1) is 17.8 Å². The minimum atomic E-state index is -4.95. The van der Waals surface area contributed by atoms with Crippen LogP contribution < -0.4 is 0 Å². The summed E-state index contributed by atoms with van der Waals surface area (Å²) in [5.74, 6) is 0.0687. The fourth-order valence-electron chi connectivity index (χ4n) is 9.98. The molecule has 3 N–H and O–H groups in total. The predicted octanol–water partition coefficient (Wildman–Crippen LogP) is 18.7. The van der Waals surface area contributed by atoms with Gasteiger partial charge in [0, 0.05) is 25.7 Å². The van der Waals surface area contributed by atoms with Gasteiger partial charge in [-0.3, -0.25) is 37.3 Å². The van der Waals surface area contributed by atoms with E-state index in [1.807, 2.05) is 0 Å². The summed E-state index contributed by atoms with van der Waals surface area (Å²) in [4.78, 5) is 72.4. The minimum absolute atomic E-state index is 0.103. The van der Waals surface area contributed by atoms with Gasteiger partial charge in [-0.1, -0.05) is 280 Å². The number of hydrogen-bond acceptors (Lipinski definition) is 15. The molecular formula is C67H130O17P2. The average molecular weight is 1270 g/mol. The number of ether oxygens (including phenoxy) is 4. The van der Waals surface area contributed by atoms with E-state index in [4.69, 9.17) is 37.0 Å². The third kappa shape index (κ3) is 59.7. The van der Waals surface area contributed by atoms with Crippen LogP contribution in [0.5, 0.6) is 0 Å². The molecule has 0 spiro atoms. The van der Waals surface area contributed by atoms with Gasteiger partial charge in [0.25, 0.3) is 0 Å². The number of rotatable bonds is 65. The molecule has 86 heavy (non-hydrogen) atoms. The number of carbonyl (C=O) groups excluding carboxylic acids is 4. The van der Waals surface area contributed by atoms with Crippen molar-refractivity contribution in [2.24, 2.45) is 17.8 Å². The lowest BCUT2D eigenvalue weighted by Crippen LogP contribution is -2.30. The third-order valence-electron chi connectivity index (χ3n) is 15.7. The second-order valence-corrected chi connectivity index (χ2v) is 28.3. The Bertz CT molecular complexity index is 1700. The average Bonchev–Trinajstić information content (AvgIpc) is 3.54. The third-order valence-corrected chi connectivity index (χ3v) is 17.6. The SMILES string of the molecule is CCCCCCCCCCCCCCC(=O)OC[C@H](COP(=O)(O)OC[C@@H](O)COP(=O)(O)OC[C@@H](COC(=O)CCCCCCCCC(C)CC)OC(=O)CCCCCCCCCCC(C)C)OC(=O)CCCCCCCCCCCCC(C)C. The molecule has 3 unspecified atom stereocenters. The second-order valence-electron chi connectivity index (χ2n) is 25.4. The zero-order chi connectivity index (χ0) is 63.8. The maximum Gasteiger partial charge on any atom is 0.472 e. The molecule has 0 aromatic carbocycles. The van der Waals surface area contributed by atoms with Gasteiger partial charge in [-0.15, -0.1) is 0 Å². The molecule has 19 heteroatoms. The summed E-state index contributed by atoms with van der Waals surface area (Å²) in [6.45, 7) is 11.7. The lowest BCUT2D eigenvalue weighted by atomic mass is 10.00. The summed E-state index contributed by atoms with van der Waals surface area (Å²) in [6.07, 6.45) is 40.3. The van der Waals surface area contributed by atoms with Crippen LogP contribution >= 0.6 is 15.6 Å². The number of phosphoric ester groups is 2. The molecule has 0 bridgehead atoms. The van der Waals surface area contributed by atoms with E-state index >= 15 is 0 Å². The number of phosphoric acid groups is 2. The highest BCUT2D eigenvalue weighted by Gasteiger charge is 2.30. The zero-order valence-electron chi connectivity index (χ0n) is 55.8. The molecule has 0 radical (unpaired) electrons. The molecule has 0 heterocycles. The van der Waals surface area contributed by atoms with Gasteiger partial charge in [-0.25, -0.2) is 9.13 Å². The van der Waals surface area contributed by atoms with Gasteiger partial charge in [0.15, 0.2) is 12.2 Å². The Morgan fingerprint density at radius 2 is 0.593 bits per heavy atom. The van der Waals surface area contributed by atoms with Gasteiger partial charge in [0.05, 0.1) is 26.4 Å². The van der Waals surface area contributed by atoms with Crippen LogP contribution in [0.2, 0.25) is 0 Å². The van der Waals surface area contributed by atoms with Crippen molar-refractivity contribution < 1.29 is 80.2 Å². The van der Waals surface area contributed by atoms with Crippen LogP contribution in [0.25, 0.3) is 0 Å². The Morgan fingerprint density at radius 1 is 0.337 bits per heavy atom. The Balaban J connectivity index is 5.26. The van der Waals surface area contributed by atoms with Crippen molar-refractivity contribution in [1.82, 2.24) is 0 Å². The molecule has 0 aliphatic rings. The molecule has 0 saturated carbocycles. The van der Waals surface area contributed by atoms with E-state index in [9.17, 15) is 43.2 Å². The first-order valence-electron chi connectivity index (χ1n) is 34.9. The van der Waals surface area contributed by atoms with Crippen LogP contribution in [0.1, 0.15) is 331 Å². The number of carbonyl (C=O) groups is 4. The fraction of sp³-hybridized carbons (Fsp3) is 0.940. The molecule has 17 nitrogen and oxygen atoms in total. The fourth-order valence-corrected chi connectivity index (χ4v) is 11.6. The highest BCUT2D eigenvalue weighted by molar-refractivity contribution is 7.47. The number of aliphatic hydroxyl groups is 1. The van der Waals surface area contributed by atoms with E-state index in [1.165, 1.54) is 135 Å². The molecule has 0 aromatic rings. The number of unbranched alkanes of at least 4 members (excludes halogenated alkanes) is 32. The molecule has 0 aromatic heterocycles. The van der Waals surface area contributed by atoms with Crippen LogP contribution in [0.15, 0.2) is 0 Å². The first kappa shape index (κ1) is 84.1. The van der Waals surface area contributed by atoms with Crippen molar-refractivity contribution in [2.75, 3.05) is 39.6 Å². The molecule has 0 aliphatic carbocycles. The largest absolute Gasteiger partial charge is 0.472 e. The van der Waals surface area contributed by atoms with E-state index in [0.717, 1.165) is 114 Å². The Kier molecular flexibility index (Phi) is 56.9. The number of esters is 4. The van der Waals surface area contributed by atoms with Crippen molar-refractivity contribution in [1.29, 1.82) is 0 Å².